The number of hydrogen-bond donors (Lipinski definition) is 1. The van der Waals surface area contributed by atoms with Crippen LogP contribution in [0.2, 0.25) is 0 Å². The normalized spacial score (nSPS) is 19.4. The van der Waals surface area contributed by atoms with Gasteiger partial charge in [0.15, 0.2) is 0 Å². The van der Waals surface area contributed by atoms with E-state index in [4.69, 9.17) is 4.74 Å². The molecule has 2 nitrogen and oxygen atoms in total. The molecule has 0 amide bonds. The van der Waals surface area contributed by atoms with Gasteiger partial charge in [0.2, 0.25) is 0 Å². The number of rotatable bonds is 2. The third kappa shape index (κ3) is 2.34. The van der Waals surface area contributed by atoms with Crippen LogP contribution in [0.25, 0.3) is 0 Å². The standard InChI is InChI=1S/C12H14O2S/c13-12(8-15)14-11-7-3-5-9-4-1-2-6-10(9)11/h1-2,4,6,11,15H,3,5,7-8H2. The van der Waals surface area contributed by atoms with E-state index in [1.807, 2.05) is 18.2 Å². The summed E-state index contributed by atoms with van der Waals surface area (Å²) < 4.78 is 5.35. The number of carbonyl (C=O) groups excluding carboxylic acids is 1. The van der Waals surface area contributed by atoms with Gasteiger partial charge in [0.05, 0.1) is 5.75 Å². The molecule has 0 N–H and O–H groups in total. The van der Waals surface area contributed by atoms with Gasteiger partial charge in [0, 0.05) is 0 Å². The highest BCUT2D eigenvalue weighted by Gasteiger charge is 2.22. The molecule has 80 valence electrons. The van der Waals surface area contributed by atoms with Gasteiger partial charge in [-0.1, -0.05) is 24.3 Å². The molecule has 1 unspecified atom stereocenters. The summed E-state index contributed by atoms with van der Waals surface area (Å²) in [7, 11) is 0. The number of aryl methyl sites for hydroxylation is 1. The summed E-state index contributed by atoms with van der Waals surface area (Å²) in [6.07, 6.45) is 3.04. The van der Waals surface area contributed by atoms with E-state index < -0.39 is 0 Å². The SMILES string of the molecule is O=C(CS)OC1CCCc2ccccc21. The fourth-order valence-electron chi connectivity index (χ4n) is 2.03. The van der Waals surface area contributed by atoms with Gasteiger partial charge in [-0.05, 0) is 30.4 Å². The number of fused-ring (bicyclic) bond motifs is 1. The average molecular weight is 222 g/mol. The maximum atomic E-state index is 11.2. The second-order valence-electron chi connectivity index (χ2n) is 3.73. The minimum atomic E-state index is -0.236. The van der Waals surface area contributed by atoms with Crippen LogP contribution in [0, 0.1) is 0 Å². The lowest BCUT2D eigenvalue weighted by atomic mass is 9.89. The topological polar surface area (TPSA) is 26.3 Å². The summed E-state index contributed by atoms with van der Waals surface area (Å²) in [6.45, 7) is 0. The summed E-state index contributed by atoms with van der Waals surface area (Å²) in [6, 6.07) is 8.17. The van der Waals surface area contributed by atoms with E-state index in [0.717, 1.165) is 19.3 Å². The Morgan fingerprint density at radius 1 is 1.47 bits per heavy atom. The predicted molar refractivity (Wildman–Crippen MR) is 62.1 cm³/mol. The van der Waals surface area contributed by atoms with E-state index in [1.165, 1.54) is 11.1 Å². The van der Waals surface area contributed by atoms with E-state index in [9.17, 15) is 4.79 Å². The Kier molecular flexibility index (Phi) is 3.31. The van der Waals surface area contributed by atoms with Crippen LogP contribution >= 0.6 is 12.6 Å². The van der Waals surface area contributed by atoms with Gasteiger partial charge in [-0.2, -0.15) is 12.6 Å². The van der Waals surface area contributed by atoms with E-state index in [2.05, 4.69) is 18.7 Å². The number of hydrogen-bond acceptors (Lipinski definition) is 3. The van der Waals surface area contributed by atoms with Crippen molar-refractivity contribution in [3.05, 3.63) is 35.4 Å². The van der Waals surface area contributed by atoms with Crippen molar-refractivity contribution in [2.45, 2.75) is 25.4 Å². The fourth-order valence-corrected chi connectivity index (χ4v) is 2.10. The van der Waals surface area contributed by atoms with Crippen molar-refractivity contribution in [3.8, 4) is 0 Å². The van der Waals surface area contributed by atoms with Gasteiger partial charge in [0.25, 0.3) is 0 Å². The average Bonchev–Trinajstić information content (AvgIpc) is 2.29. The molecule has 0 spiro atoms. The van der Waals surface area contributed by atoms with Crippen molar-refractivity contribution < 1.29 is 9.53 Å². The van der Waals surface area contributed by atoms with Crippen molar-refractivity contribution in [2.75, 3.05) is 5.75 Å². The van der Waals surface area contributed by atoms with E-state index in [1.54, 1.807) is 0 Å². The second kappa shape index (κ2) is 4.71. The molecule has 1 aliphatic carbocycles. The largest absolute Gasteiger partial charge is 0.457 e. The molecule has 3 heteroatoms. The summed E-state index contributed by atoms with van der Waals surface area (Å²) in [5.74, 6) is -0.0846. The van der Waals surface area contributed by atoms with Gasteiger partial charge >= 0.3 is 5.97 Å². The highest BCUT2D eigenvalue weighted by atomic mass is 32.1. The van der Waals surface area contributed by atoms with Gasteiger partial charge in [-0.15, -0.1) is 0 Å². The van der Waals surface area contributed by atoms with Gasteiger partial charge in [-0.3, -0.25) is 4.79 Å². The second-order valence-corrected chi connectivity index (χ2v) is 4.04. The zero-order valence-corrected chi connectivity index (χ0v) is 9.37. The molecule has 2 rings (SSSR count). The lowest BCUT2D eigenvalue weighted by Gasteiger charge is -2.25. The number of benzene rings is 1. The monoisotopic (exact) mass is 222 g/mol. The van der Waals surface area contributed by atoms with Crippen molar-refractivity contribution in [1.82, 2.24) is 0 Å². The molecular weight excluding hydrogens is 208 g/mol. The Hall–Kier alpha value is -0.960. The lowest BCUT2D eigenvalue weighted by molar-refractivity contribution is -0.146. The Bertz CT molecular complexity index is 362. The summed E-state index contributed by atoms with van der Waals surface area (Å²) >= 11 is 3.91. The Balaban J connectivity index is 2.18. The van der Waals surface area contributed by atoms with Crippen LogP contribution in [0.15, 0.2) is 24.3 Å². The fraction of sp³-hybridized carbons (Fsp3) is 0.417. The Morgan fingerprint density at radius 3 is 3.07 bits per heavy atom. The summed E-state index contributed by atoms with van der Waals surface area (Å²) in [5.41, 5.74) is 2.47. The third-order valence-electron chi connectivity index (χ3n) is 2.72. The summed E-state index contributed by atoms with van der Waals surface area (Å²) in [4.78, 5) is 11.2. The first-order valence-corrected chi connectivity index (χ1v) is 5.82. The first-order valence-electron chi connectivity index (χ1n) is 5.19. The molecule has 1 aromatic carbocycles. The van der Waals surface area contributed by atoms with Crippen LogP contribution in [-0.2, 0) is 16.0 Å². The molecule has 1 atom stereocenters. The van der Waals surface area contributed by atoms with Crippen molar-refractivity contribution in [1.29, 1.82) is 0 Å². The first-order chi connectivity index (χ1) is 7.31. The molecule has 0 heterocycles. The first kappa shape index (κ1) is 10.6. The third-order valence-corrected chi connectivity index (χ3v) is 2.98. The zero-order valence-electron chi connectivity index (χ0n) is 8.48. The van der Waals surface area contributed by atoms with Crippen molar-refractivity contribution in [2.24, 2.45) is 0 Å². The molecular formula is C12H14O2S. The highest BCUT2D eigenvalue weighted by Crippen LogP contribution is 2.32. The minimum Gasteiger partial charge on any atom is -0.457 e. The van der Waals surface area contributed by atoms with Crippen LogP contribution < -0.4 is 0 Å². The summed E-state index contributed by atoms with van der Waals surface area (Å²) in [5, 5.41) is 0. The molecule has 0 saturated heterocycles. The maximum absolute atomic E-state index is 11.2. The van der Waals surface area contributed by atoms with Crippen molar-refractivity contribution >= 4 is 18.6 Å². The molecule has 15 heavy (non-hydrogen) atoms. The van der Waals surface area contributed by atoms with E-state index >= 15 is 0 Å². The lowest BCUT2D eigenvalue weighted by Crippen LogP contribution is -2.17. The van der Waals surface area contributed by atoms with Gasteiger partial charge in [-0.25, -0.2) is 0 Å². The van der Waals surface area contributed by atoms with Crippen LogP contribution in [0.5, 0.6) is 0 Å². The highest BCUT2D eigenvalue weighted by molar-refractivity contribution is 7.81. The quantitative estimate of drug-likeness (QED) is 0.615. The van der Waals surface area contributed by atoms with Crippen LogP contribution in [0.3, 0.4) is 0 Å². The number of ether oxygens (including phenoxy) is 1. The van der Waals surface area contributed by atoms with Crippen LogP contribution in [0.1, 0.15) is 30.1 Å². The van der Waals surface area contributed by atoms with Gasteiger partial charge in [0.1, 0.15) is 6.10 Å². The number of carbonyl (C=O) groups is 1. The van der Waals surface area contributed by atoms with E-state index in [-0.39, 0.29) is 17.8 Å². The number of thiol groups is 1. The molecule has 0 aliphatic heterocycles. The molecule has 1 aromatic rings. The zero-order chi connectivity index (χ0) is 10.7. The molecule has 0 radical (unpaired) electrons. The van der Waals surface area contributed by atoms with Crippen molar-refractivity contribution in [3.63, 3.8) is 0 Å². The predicted octanol–water partition coefficient (Wildman–Crippen LogP) is 2.54. The molecule has 0 saturated carbocycles. The Labute approximate surface area is 95.0 Å². The minimum absolute atomic E-state index is 0.0606. The van der Waals surface area contributed by atoms with E-state index in [0.29, 0.717) is 0 Å². The van der Waals surface area contributed by atoms with Crippen LogP contribution in [-0.4, -0.2) is 11.7 Å². The smallest absolute Gasteiger partial charge is 0.316 e. The molecule has 0 fully saturated rings. The maximum Gasteiger partial charge on any atom is 0.316 e. The molecule has 1 aliphatic rings. The van der Waals surface area contributed by atoms with Crippen LogP contribution in [0.4, 0.5) is 0 Å². The molecule has 0 aromatic heterocycles. The Morgan fingerprint density at radius 2 is 2.27 bits per heavy atom. The molecule has 0 bridgehead atoms. The van der Waals surface area contributed by atoms with Gasteiger partial charge < -0.3 is 4.74 Å². The number of esters is 1.